The van der Waals surface area contributed by atoms with Gasteiger partial charge in [-0.3, -0.25) is 4.79 Å². The van der Waals surface area contributed by atoms with E-state index in [1.165, 1.54) is 6.26 Å². The fourth-order valence-electron chi connectivity index (χ4n) is 1.35. The molecule has 0 aliphatic rings. The molecule has 0 aromatic heterocycles. The van der Waals surface area contributed by atoms with Gasteiger partial charge in [-0.25, -0.2) is 13.2 Å². The maximum absolute atomic E-state index is 13.5. The Morgan fingerprint density at radius 2 is 2.06 bits per heavy atom. The standard InChI is InChI=1S/C10H10F3NO2S/c1-17-10-5(11)2-4(8(12)9(10)13)6(14)3-7(15)16/h2,6H,3,14H2,1H3,(H,15,16). The highest BCUT2D eigenvalue weighted by atomic mass is 32.2. The van der Waals surface area contributed by atoms with E-state index in [4.69, 9.17) is 10.8 Å². The number of halogens is 3. The normalized spacial score (nSPS) is 12.5. The van der Waals surface area contributed by atoms with E-state index in [0.717, 1.165) is 17.8 Å². The predicted octanol–water partition coefficient (Wildman–Crippen LogP) is 2.30. The van der Waals surface area contributed by atoms with Crippen LogP contribution < -0.4 is 5.73 Å². The first-order chi connectivity index (χ1) is 7.88. The molecule has 1 rings (SSSR count). The summed E-state index contributed by atoms with van der Waals surface area (Å²) in [6, 6.07) is -0.551. The van der Waals surface area contributed by atoms with Gasteiger partial charge in [0.25, 0.3) is 0 Å². The van der Waals surface area contributed by atoms with Crippen molar-refractivity contribution in [3.63, 3.8) is 0 Å². The van der Waals surface area contributed by atoms with E-state index in [9.17, 15) is 18.0 Å². The molecule has 94 valence electrons. The number of carboxylic acid groups (broad SMARTS) is 1. The molecule has 1 unspecified atom stereocenters. The van der Waals surface area contributed by atoms with Crippen LogP contribution in [0.1, 0.15) is 18.0 Å². The molecule has 3 N–H and O–H groups in total. The fraction of sp³-hybridized carbons (Fsp3) is 0.300. The van der Waals surface area contributed by atoms with E-state index in [1.54, 1.807) is 0 Å². The summed E-state index contributed by atoms with van der Waals surface area (Å²) in [5.74, 6) is -4.86. The van der Waals surface area contributed by atoms with Crippen molar-refractivity contribution in [1.82, 2.24) is 0 Å². The van der Waals surface area contributed by atoms with Crippen LogP contribution in [0.2, 0.25) is 0 Å². The lowest BCUT2D eigenvalue weighted by Gasteiger charge is -2.13. The monoisotopic (exact) mass is 265 g/mol. The molecule has 0 fully saturated rings. The Morgan fingerprint density at radius 3 is 2.53 bits per heavy atom. The molecule has 0 amide bonds. The number of hydrogen-bond acceptors (Lipinski definition) is 3. The van der Waals surface area contributed by atoms with Gasteiger partial charge in [-0.05, 0) is 12.3 Å². The highest BCUT2D eigenvalue weighted by Gasteiger charge is 2.23. The van der Waals surface area contributed by atoms with Gasteiger partial charge in [0, 0.05) is 11.6 Å². The quantitative estimate of drug-likeness (QED) is 0.647. The Balaban J connectivity index is 3.22. The second-order valence-corrected chi connectivity index (χ2v) is 4.13. The van der Waals surface area contributed by atoms with Gasteiger partial charge in [-0.15, -0.1) is 11.8 Å². The van der Waals surface area contributed by atoms with Gasteiger partial charge in [0.15, 0.2) is 11.6 Å². The van der Waals surface area contributed by atoms with Crippen LogP contribution in [0.5, 0.6) is 0 Å². The number of aliphatic carboxylic acids is 1. The summed E-state index contributed by atoms with van der Waals surface area (Å²) in [5, 5.41) is 8.48. The van der Waals surface area contributed by atoms with Gasteiger partial charge in [-0.2, -0.15) is 0 Å². The molecule has 0 heterocycles. The molecule has 7 heteroatoms. The van der Waals surface area contributed by atoms with Crippen LogP contribution in [0.3, 0.4) is 0 Å². The van der Waals surface area contributed by atoms with Crippen LogP contribution in [-0.2, 0) is 4.79 Å². The highest BCUT2D eigenvalue weighted by Crippen LogP contribution is 2.30. The summed E-state index contributed by atoms with van der Waals surface area (Å²) >= 11 is 0.723. The second kappa shape index (κ2) is 5.42. The van der Waals surface area contributed by atoms with Crippen molar-refractivity contribution < 1.29 is 23.1 Å². The summed E-state index contributed by atoms with van der Waals surface area (Å²) in [4.78, 5) is 9.94. The first kappa shape index (κ1) is 13.9. The predicted molar refractivity (Wildman–Crippen MR) is 57.3 cm³/mol. The largest absolute Gasteiger partial charge is 0.481 e. The Labute approximate surface area is 99.8 Å². The zero-order chi connectivity index (χ0) is 13.2. The zero-order valence-electron chi connectivity index (χ0n) is 8.84. The van der Waals surface area contributed by atoms with Gasteiger partial charge in [-0.1, -0.05) is 0 Å². The van der Waals surface area contributed by atoms with E-state index >= 15 is 0 Å². The van der Waals surface area contributed by atoms with Gasteiger partial charge >= 0.3 is 5.97 Å². The van der Waals surface area contributed by atoms with E-state index in [-0.39, 0.29) is 0 Å². The molecule has 1 atom stereocenters. The molecule has 1 aromatic rings. The number of thioether (sulfide) groups is 1. The summed E-state index contributed by atoms with van der Waals surface area (Å²) in [7, 11) is 0. The number of carbonyl (C=O) groups is 1. The van der Waals surface area contributed by atoms with Crippen LogP contribution in [0.4, 0.5) is 13.2 Å². The van der Waals surface area contributed by atoms with Gasteiger partial charge < -0.3 is 10.8 Å². The number of nitrogens with two attached hydrogens (primary N) is 1. The Bertz CT molecular complexity index is 454. The SMILES string of the molecule is CSc1c(F)cc(C(N)CC(=O)O)c(F)c1F. The van der Waals surface area contributed by atoms with Crippen LogP contribution in [0, 0.1) is 17.5 Å². The maximum Gasteiger partial charge on any atom is 0.305 e. The summed E-state index contributed by atoms with van der Waals surface area (Å²) in [6.07, 6.45) is 0.798. The molecule has 0 spiro atoms. The van der Waals surface area contributed by atoms with Crippen molar-refractivity contribution in [3.05, 3.63) is 29.1 Å². The number of benzene rings is 1. The summed E-state index contributed by atoms with van der Waals surface area (Å²) in [6.45, 7) is 0. The molecule has 0 saturated carbocycles. The Morgan fingerprint density at radius 1 is 1.47 bits per heavy atom. The van der Waals surface area contributed by atoms with E-state index in [1.807, 2.05) is 0 Å². The van der Waals surface area contributed by atoms with Gasteiger partial charge in [0.2, 0.25) is 0 Å². The van der Waals surface area contributed by atoms with E-state index in [2.05, 4.69) is 0 Å². The maximum atomic E-state index is 13.5. The first-order valence-corrected chi connectivity index (χ1v) is 5.79. The Kier molecular flexibility index (Phi) is 4.41. The van der Waals surface area contributed by atoms with Crippen molar-refractivity contribution in [3.8, 4) is 0 Å². The number of hydrogen-bond donors (Lipinski definition) is 2. The summed E-state index contributed by atoms with van der Waals surface area (Å²) < 4.78 is 40.2. The van der Waals surface area contributed by atoms with Gasteiger partial charge in [0.1, 0.15) is 5.82 Å². The second-order valence-electron chi connectivity index (χ2n) is 3.31. The van der Waals surface area contributed by atoms with Crippen LogP contribution in [0.25, 0.3) is 0 Å². The zero-order valence-corrected chi connectivity index (χ0v) is 9.65. The summed E-state index contributed by atoms with van der Waals surface area (Å²) in [5.41, 5.74) is 4.89. The molecule has 0 bridgehead atoms. The molecule has 0 aliphatic carbocycles. The molecule has 17 heavy (non-hydrogen) atoms. The van der Waals surface area contributed by atoms with Crippen LogP contribution >= 0.6 is 11.8 Å². The molecule has 0 saturated heterocycles. The third-order valence-electron chi connectivity index (χ3n) is 2.14. The van der Waals surface area contributed by atoms with Crippen molar-refractivity contribution in [2.75, 3.05) is 6.26 Å². The molecule has 0 radical (unpaired) electrons. The Hall–Kier alpha value is -1.21. The lowest BCUT2D eigenvalue weighted by Crippen LogP contribution is -2.17. The third-order valence-corrected chi connectivity index (χ3v) is 2.93. The fourth-order valence-corrected chi connectivity index (χ4v) is 1.87. The molecule has 0 aliphatic heterocycles. The minimum atomic E-state index is -1.34. The van der Waals surface area contributed by atoms with Crippen molar-refractivity contribution in [2.45, 2.75) is 17.4 Å². The average Bonchev–Trinajstić information content (AvgIpc) is 2.23. The molecular weight excluding hydrogens is 255 g/mol. The highest BCUT2D eigenvalue weighted by molar-refractivity contribution is 7.98. The van der Waals surface area contributed by atoms with Crippen LogP contribution in [-0.4, -0.2) is 17.3 Å². The van der Waals surface area contributed by atoms with E-state index < -0.39 is 46.3 Å². The lowest BCUT2D eigenvalue weighted by molar-refractivity contribution is -0.137. The topological polar surface area (TPSA) is 63.3 Å². The van der Waals surface area contributed by atoms with E-state index in [0.29, 0.717) is 0 Å². The molecular formula is C10H10F3NO2S. The van der Waals surface area contributed by atoms with Crippen molar-refractivity contribution in [2.24, 2.45) is 5.73 Å². The minimum Gasteiger partial charge on any atom is -0.481 e. The first-order valence-electron chi connectivity index (χ1n) is 4.57. The van der Waals surface area contributed by atoms with Crippen molar-refractivity contribution >= 4 is 17.7 Å². The van der Waals surface area contributed by atoms with Crippen LogP contribution in [0.15, 0.2) is 11.0 Å². The molecule has 1 aromatic carbocycles. The number of rotatable bonds is 4. The third kappa shape index (κ3) is 2.92. The smallest absolute Gasteiger partial charge is 0.305 e. The van der Waals surface area contributed by atoms with Gasteiger partial charge in [0.05, 0.1) is 11.3 Å². The average molecular weight is 265 g/mol. The minimum absolute atomic E-state index is 0.450. The lowest BCUT2D eigenvalue weighted by atomic mass is 10.0. The number of carboxylic acids is 1. The molecule has 3 nitrogen and oxygen atoms in total. The van der Waals surface area contributed by atoms with Crippen molar-refractivity contribution in [1.29, 1.82) is 0 Å².